The van der Waals surface area contributed by atoms with E-state index in [2.05, 4.69) is 0 Å². The molecule has 0 aliphatic carbocycles. The van der Waals surface area contributed by atoms with Gasteiger partial charge in [0, 0.05) is 13.1 Å². The maximum absolute atomic E-state index is 14.8. The number of piperidine rings is 1. The molecular formula is C14H17FN2O3. The van der Waals surface area contributed by atoms with Gasteiger partial charge in [-0.15, -0.1) is 0 Å². The highest BCUT2D eigenvalue weighted by molar-refractivity contribution is 5.90. The van der Waals surface area contributed by atoms with Crippen LogP contribution < -0.4 is 4.90 Å². The van der Waals surface area contributed by atoms with Crippen LogP contribution in [0.1, 0.15) is 19.3 Å². The van der Waals surface area contributed by atoms with Crippen LogP contribution in [0.4, 0.5) is 14.9 Å². The summed E-state index contributed by atoms with van der Waals surface area (Å²) in [5.41, 5.74) is 0.280. The lowest BCUT2D eigenvalue weighted by Crippen LogP contribution is -2.55. The molecular weight excluding hydrogens is 263 g/mol. The number of halogens is 1. The largest absolute Gasteiger partial charge is 0.421 e. The third-order valence-corrected chi connectivity index (χ3v) is 3.76. The third kappa shape index (κ3) is 2.14. The van der Waals surface area contributed by atoms with Gasteiger partial charge in [0.2, 0.25) is 6.23 Å². The van der Waals surface area contributed by atoms with E-state index in [1.165, 1.54) is 0 Å². The number of rotatable bonds is 2. The molecule has 2 fully saturated rings. The Morgan fingerprint density at radius 3 is 2.50 bits per heavy atom. The molecule has 2 saturated heterocycles. The molecule has 0 bridgehead atoms. The Morgan fingerprint density at radius 1 is 1.20 bits per heavy atom. The van der Waals surface area contributed by atoms with E-state index in [-0.39, 0.29) is 5.69 Å². The number of likely N-dealkylation sites (tertiary alicyclic amines) is 1. The minimum absolute atomic E-state index is 0.280. The Hall–Kier alpha value is -1.66. The molecule has 0 spiro atoms. The summed E-state index contributed by atoms with van der Waals surface area (Å²) in [4.78, 5) is 14.3. The number of amides is 1. The van der Waals surface area contributed by atoms with E-state index in [1.54, 1.807) is 35.2 Å². The molecule has 3 rings (SSSR count). The van der Waals surface area contributed by atoms with Gasteiger partial charge in [-0.3, -0.25) is 4.90 Å². The number of anilines is 1. The lowest BCUT2D eigenvalue weighted by Gasteiger charge is -2.35. The summed E-state index contributed by atoms with van der Waals surface area (Å²) in [6.45, 7) is 1.24. The second-order valence-electron chi connectivity index (χ2n) is 5.14. The first kappa shape index (κ1) is 13.3. The molecule has 2 unspecified atom stereocenters. The molecule has 6 heteroatoms. The maximum atomic E-state index is 14.8. The first-order valence-electron chi connectivity index (χ1n) is 6.82. The summed E-state index contributed by atoms with van der Waals surface area (Å²) in [5.74, 6) is -2.85. The highest BCUT2D eigenvalue weighted by Crippen LogP contribution is 2.37. The molecule has 2 heterocycles. The first-order valence-corrected chi connectivity index (χ1v) is 6.82. The minimum Gasteiger partial charge on any atom is -0.421 e. The van der Waals surface area contributed by atoms with E-state index in [4.69, 9.17) is 4.74 Å². The number of carbonyl (C=O) groups is 1. The Morgan fingerprint density at radius 2 is 1.85 bits per heavy atom. The lowest BCUT2D eigenvalue weighted by molar-refractivity contribution is -0.186. The molecule has 0 radical (unpaired) electrons. The Labute approximate surface area is 116 Å². The summed E-state index contributed by atoms with van der Waals surface area (Å²) in [7, 11) is 0. The number of cyclic esters (lactones) is 1. The monoisotopic (exact) mass is 280 g/mol. The van der Waals surface area contributed by atoms with Crippen LogP contribution in [0.5, 0.6) is 0 Å². The van der Waals surface area contributed by atoms with Crippen LogP contribution in [0.2, 0.25) is 0 Å². The van der Waals surface area contributed by atoms with Gasteiger partial charge in [-0.05, 0) is 25.0 Å². The van der Waals surface area contributed by atoms with Crippen LogP contribution in [0.25, 0.3) is 0 Å². The van der Waals surface area contributed by atoms with Crippen LogP contribution in [0, 0.1) is 0 Å². The number of hydrogen-bond acceptors (Lipinski definition) is 4. The lowest BCUT2D eigenvalue weighted by atomic mass is 10.1. The number of alkyl halides is 1. The van der Waals surface area contributed by atoms with Crippen molar-refractivity contribution in [3.05, 3.63) is 30.3 Å². The average molecular weight is 280 g/mol. The molecule has 1 aromatic carbocycles. The van der Waals surface area contributed by atoms with E-state index in [0.717, 1.165) is 19.3 Å². The van der Waals surface area contributed by atoms with Crippen LogP contribution in [0.3, 0.4) is 0 Å². The molecule has 0 saturated carbocycles. The van der Waals surface area contributed by atoms with Crippen molar-refractivity contribution in [2.75, 3.05) is 18.0 Å². The SMILES string of the molecule is O=C1OC(N2CCCCC2)C(O)(F)N1c1ccccc1. The van der Waals surface area contributed by atoms with Gasteiger partial charge in [-0.1, -0.05) is 24.6 Å². The fraction of sp³-hybridized carbons (Fsp3) is 0.500. The highest BCUT2D eigenvalue weighted by atomic mass is 19.2. The van der Waals surface area contributed by atoms with Crippen molar-refractivity contribution >= 4 is 11.8 Å². The average Bonchev–Trinajstić information content (AvgIpc) is 2.70. The highest BCUT2D eigenvalue weighted by Gasteiger charge is 2.58. The normalized spacial score (nSPS) is 31.4. The van der Waals surface area contributed by atoms with E-state index < -0.39 is 18.3 Å². The zero-order chi connectivity index (χ0) is 14.2. The van der Waals surface area contributed by atoms with Crippen LogP contribution >= 0.6 is 0 Å². The number of aliphatic hydroxyl groups is 1. The number of carbonyl (C=O) groups excluding carboxylic acids is 1. The molecule has 1 amide bonds. The Kier molecular flexibility index (Phi) is 3.35. The van der Waals surface area contributed by atoms with Gasteiger partial charge in [-0.25, -0.2) is 9.69 Å². The van der Waals surface area contributed by atoms with Crippen molar-refractivity contribution in [3.63, 3.8) is 0 Å². The number of para-hydroxylation sites is 1. The molecule has 0 aromatic heterocycles. The quantitative estimate of drug-likeness (QED) is 0.843. The molecule has 2 aliphatic heterocycles. The summed E-state index contributed by atoms with van der Waals surface area (Å²) >= 11 is 0. The fourth-order valence-corrected chi connectivity index (χ4v) is 2.78. The van der Waals surface area contributed by atoms with Gasteiger partial charge < -0.3 is 9.84 Å². The van der Waals surface area contributed by atoms with Gasteiger partial charge in [-0.2, -0.15) is 4.39 Å². The van der Waals surface area contributed by atoms with E-state index >= 15 is 0 Å². The molecule has 1 N–H and O–H groups in total. The van der Waals surface area contributed by atoms with Crippen molar-refractivity contribution in [1.82, 2.24) is 4.90 Å². The summed E-state index contributed by atoms with van der Waals surface area (Å²) in [6.07, 6.45) is 0.766. The van der Waals surface area contributed by atoms with Gasteiger partial charge in [0.25, 0.3) is 0 Å². The number of ether oxygens (including phenoxy) is 1. The molecule has 2 atom stereocenters. The number of nitrogens with zero attached hydrogens (tertiary/aromatic N) is 2. The van der Waals surface area contributed by atoms with E-state index in [1.807, 2.05) is 0 Å². The van der Waals surface area contributed by atoms with E-state index in [9.17, 15) is 14.3 Å². The van der Waals surface area contributed by atoms with Gasteiger partial charge in [0.1, 0.15) is 0 Å². The van der Waals surface area contributed by atoms with Crippen molar-refractivity contribution < 1.29 is 19.0 Å². The predicted octanol–water partition coefficient (Wildman–Crippen LogP) is 2.07. The maximum Gasteiger partial charge on any atom is 0.420 e. The van der Waals surface area contributed by atoms with Gasteiger partial charge in [0.15, 0.2) is 0 Å². The fourth-order valence-electron chi connectivity index (χ4n) is 2.78. The standard InChI is InChI=1S/C14H17FN2O3/c15-14(19)12(16-9-5-2-6-10-16)20-13(18)17(14)11-7-3-1-4-8-11/h1,3-4,7-8,12,19H,2,5-6,9-10H2. The van der Waals surface area contributed by atoms with Crippen molar-refractivity contribution in [3.8, 4) is 0 Å². The zero-order valence-corrected chi connectivity index (χ0v) is 11.0. The van der Waals surface area contributed by atoms with E-state index in [0.29, 0.717) is 18.0 Å². The van der Waals surface area contributed by atoms with Crippen molar-refractivity contribution in [2.24, 2.45) is 0 Å². The Bertz CT molecular complexity index is 488. The minimum atomic E-state index is -2.85. The Balaban J connectivity index is 1.88. The topological polar surface area (TPSA) is 53.0 Å². The molecule has 2 aliphatic rings. The van der Waals surface area contributed by atoms with Gasteiger partial charge in [0.05, 0.1) is 5.69 Å². The predicted molar refractivity (Wildman–Crippen MR) is 70.7 cm³/mol. The molecule has 108 valence electrons. The second-order valence-corrected chi connectivity index (χ2v) is 5.14. The molecule has 1 aromatic rings. The third-order valence-electron chi connectivity index (χ3n) is 3.76. The zero-order valence-electron chi connectivity index (χ0n) is 11.0. The van der Waals surface area contributed by atoms with Gasteiger partial charge >= 0.3 is 12.1 Å². The first-order chi connectivity index (χ1) is 9.60. The number of benzene rings is 1. The molecule has 20 heavy (non-hydrogen) atoms. The van der Waals surface area contributed by atoms with Crippen LogP contribution in [-0.4, -0.2) is 41.4 Å². The van der Waals surface area contributed by atoms with Crippen molar-refractivity contribution in [2.45, 2.75) is 31.5 Å². The summed E-state index contributed by atoms with van der Waals surface area (Å²) < 4.78 is 19.8. The summed E-state index contributed by atoms with van der Waals surface area (Å²) in [6, 6.07) is 8.22. The van der Waals surface area contributed by atoms with Crippen LogP contribution in [-0.2, 0) is 4.74 Å². The van der Waals surface area contributed by atoms with Crippen molar-refractivity contribution in [1.29, 1.82) is 0 Å². The summed E-state index contributed by atoms with van der Waals surface area (Å²) in [5, 5.41) is 10.2. The van der Waals surface area contributed by atoms with Crippen LogP contribution in [0.15, 0.2) is 30.3 Å². The smallest absolute Gasteiger partial charge is 0.420 e. The number of hydrogen-bond donors (Lipinski definition) is 1. The second kappa shape index (κ2) is 5.03. The molecule has 5 nitrogen and oxygen atoms in total.